The fourth-order valence-electron chi connectivity index (χ4n) is 2.20. The number of phenolic OH excluding ortho intramolecular Hbond substituents is 2. The number of nitrogens with zero attached hydrogens (tertiary/aromatic N) is 2. The Morgan fingerprint density at radius 2 is 1.78 bits per heavy atom. The molecule has 0 atom stereocenters. The van der Waals surface area contributed by atoms with E-state index in [1.165, 1.54) is 28.9 Å². The second kappa shape index (κ2) is 5.77. The molecule has 0 fully saturated rings. The zero-order valence-electron chi connectivity index (χ0n) is 11.8. The molecule has 23 heavy (non-hydrogen) atoms. The highest BCUT2D eigenvalue weighted by Gasteiger charge is 2.17. The maximum absolute atomic E-state index is 11.7. The van der Waals surface area contributed by atoms with E-state index >= 15 is 0 Å². The highest BCUT2D eigenvalue weighted by molar-refractivity contribution is 9.10. The third-order valence-corrected chi connectivity index (χ3v) is 3.82. The van der Waals surface area contributed by atoms with Gasteiger partial charge in [0.1, 0.15) is 17.2 Å². The fraction of sp³-hybridized carbons (Fsp3) is 0. The number of aromatic hydroxyl groups is 2. The molecule has 0 bridgehead atoms. The Bertz CT molecular complexity index is 888. The second-order valence-electron chi connectivity index (χ2n) is 4.87. The van der Waals surface area contributed by atoms with Gasteiger partial charge in [0.2, 0.25) is 0 Å². The SMILES string of the molecule is NC(=O)c1cc(-c2ccc(O)cc2O)nn1-c1ccc(Br)cc1. The highest BCUT2D eigenvalue weighted by Crippen LogP contribution is 2.32. The lowest BCUT2D eigenvalue weighted by Gasteiger charge is -2.05. The molecule has 3 aromatic rings. The number of primary amides is 1. The average Bonchev–Trinajstić information content (AvgIpc) is 2.93. The van der Waals surface area contributed by atoms with E-state index in [0.29, 0.717) is 16.9 Å². The van der Waals surface area contributed by atoms with Gasteiger partial charge in [-0.25, -0.2) is 4.68 Å². The van der Waals surface area contributed by atoms with Crippen LogP contribution in [0, 0.1) is 0 Å². The van der Waals surface area contributed by atoms with E-state index in [0.717, 1.165) is 4.47 Å². The molecule has 116 valence electrons. The van der Waals surface area contributed by atoms with Crippen molar-refractivity contribution >= 4 is 21.8 Å². The molecule has 0 aliphatic heterocycles. The van der Waals surface area contributed by atoms with E-state index in [9.17, 15) is 15.0 Å². The van der Waals surface area contributed by atoms with Gasteiger partial charge in [-0.2, -0.15) is 5.10 Å². The predicted octanol–water partition coefficient (Wildman–Crippen LogP) is 2.81. The van der Waals surface area contributed by atoms with Crippen molar-refractivity contribution in [3.63, 3.8) is 0 Å². The van der Waals surface area contributed by atoms with Gasteiger partial charge in [0.15, 0.2) is 0 Å². The largest absolute Gasteiger partial charge is 0.508 e. The summed E-state index contributed by atoms with van der Waals surface area (Å²) in [4.78, 5) is 11.7. The molecule has 0 aliphatic carbocycles. The van der Waals surface area contributed by atoms with Crippen LogP contribution in [0.4, 0.5) is 0 Å². The second-order valence-corrected chi connectivity index (χ2v) is 5.78. The predicted molar refractivity (Wildman–Crippen MR) is 88.5 cm³/mol. The quantitative estimate of drug-likeness (QED) is 0.656. The first-order valence-electron chi connectivity index (χ1n) is 6.64. The van der Waals surface area contributed by atoms with Crippen molar-refractivity contribution in [3.8, 4) is 28.4 Å². The summed E-state index contributed by atoms with van der Waals surface area (Å²) in [5.41, 5.74) is 7.04. The number of amides is 1. The van der Waals surface area contributed by atoms with E-state index in [1.54, 1.807) is 12.1 Å². The third kappa shape index (κ3) is 2.91. The van der Waals surface area contributed by atoms with Gasteiger partial charge in [-0.1, -0.05) is 15.9 Å². The van der Waals surface area contributed by atoms with Gasteiger partial charge >= 0.3 is 0 Å². The lowest BCUT2D eigenvalue weighted by atomic mass is 10.1. The minimum atomic E-state index is -0.634. The maximum atomic E-state index is 11.7. The Balaban J connectivity index is 2.16. The first kappa shape index (κ1) is 15.1. The summed E-state index contributed by atoms with van der Waals surface area (Å²) in [5, 5.41) is 23.7. The molecular weight excluding hydrogens is 362 g/mol. The summed E-state index contributed by atoms with van der Waals surface area (Å²) in [5.74, 6) is -0.833. The summed E-state index contributed by atoms with van der Waals surface area (Å²) < 4.78 is 2.31. The van der Waals surface area contributed by atoms with Crippen LogP contribution in [0.2, 0.25) is 0 Å². The Labute approximate surface area is 139 Å². The van der Waals surface area contributed by atoms with Crippen LogP contribution in [0.5, 0.6) is 11.5 Å². The lowest BCUT2D eigenvalue weighted by molar-refractivity contribution is 0.0993. The molecule has 0 aliphatic rings. The summed E-state index contributed by atoms with van der Waals surface area (Å²) in [6, 6.07) is 12.8. The number of carbonyl (C=O) groups is 1. The number of hydrogen-bond acceptors (Lipinski definition) is 4. The monoisotopic (exact) mass is 373 g/mol. The minimum absolute atomic E-state index is 0.0614. The maximum Gasteiger partial charge on any atom is 0.267 e. The normalized spacial score (nSPS) is 10.7. The van der Waals surface area contributed by atoms with Crippen molar-refractivity contribution in [2.75, 3.05) is 0 Å². The van der Waals surface area contributed by atoms with Crippen LogP contribution < -0.4 is 5.73 Å². The molecule has 0 saturated heterocycles. The highest BCUT2D eigenvalue weighted by atomic mass is 79.9. The van der Waals surface area contributed by atoms with E-state index in [4.69, 9.17) is 5.73 Å². The van der Waals surface area contributed by atoms with Gasteiger partial charge in [-0.15, -0.1) is 0 Å². The number of rotatable bonds is 3. The third-order valence-electron chi connectivity index (χ3n) is 3.29. The van der Waals surface area contributed by atoms with Crippen LogP contribution >= 0.6 is 15.9 Å². The summed E-state index contributed by atoms with van der Waals surface area (Å²) >= 11 is 3.35. The smallest absolute Gasteiger partial charge is 0.267 e. The van der Waals surface area contributed by atoms with Gasteiger partial charge in [0.05, 0.1) is 11.4 Å². The lowest BCUT2D eigenvalue weighted by Crippen LogP contribution is -2.16. The van der Waals surface area contributed by atoms with Crippen molar-refractivity contribution in [1.82, 2.24) is 9.78 Å². The van der Waals surface area contributed by atoms with Crippen LogP contribution in [0.3, 0.4) is 0 Å². The van der Waals surface area contributed by atoms with Gasteiger partial charge < -0.3 is 15.9 Å². The van der Waals surface area contributed by atoms with E-state index in [-0.39, 0.29) is 17.2 Å². The van der Waals surface area contributed by atoms with Crippen LogP contribution in [-0.4, -0.2) is 25.9 Å². The van der Waals surface area contributed by atoms with Gasteiger partial charge in [0, 0.05) is 16.1 Å². The number of hydrogen-bond donors (Lipinski definition) is 3. The Kier molecular flexibility index (Phi) is 3.79. The summed E-state index contributed by atoms with van der Waals surface area (Å²) in [6.45, 7) is 0. The Morgan fingerprint density at radius 3 is 2.39 bits per heavy atom. The molecule has 0 radical (unpaired) electrons. The summed E-state index contributed by atoms with van der Waals surface area (Å²) in [6.07, 6.45) is 0. The molecule has 7 heteroatoms. The van der Waals surface area contributed by atoms with E-state index in [1.807, 2.05) is 12.1 Å². The van der Waals surface area contributed by atoms with Crippen LogP contribution in [-0.2, 0) is 0 Å². The van der Waals surface area contributed by atoms with Crippen molar-refractivity contribution in [2.45, 2.75) is 0 Å². The van der Waals surface area contributed by atoms with Crippen LogP contribution in [0.1, 0.15) is 10.5 Å². The van der Waals surface area contributed by atoms with E-state index in [2.05, 4.69) is 21.0 Å². The zero-order chi connectivity index (χ0) is 16.6. The van der Waals surface area contributed by atoms with Gasteiger partial charge in [-0.05, 0) is 42.5 Å². The standard InChI is InChI=1S/C16H12BrN3O3/c17-9-1-3-10(4-2-9)20-14(16(18)23)8-13(19-20)12-6-5-11(21)7-15(12)22/h1-8,21-22H,(H2,18,23). The topological polar surface area (TPSA) is 101 Å². The first-order chi connectivity index (χ1) is 11.0. The van der Waals surface area contributed by atoms with E-state index < -0.39 is 5.91 Å². The molecule has 0 unspecified atom stereocenters. The molecule has 2 aromatic carbocycles. The Morgan fingerprint density at radius 1 is 1.09 bits per heavy atom. The molecule has 3 rings (SSSR count). The number of carbonyl (C=O) groups excluding carboxylic acids is 1. The number of halogens is 1. The van der Waals surface area contributed by atoms with Crippen LogP contribution in [0.15, 0.2) is 53.0 Å². The zero-order valence-corrected chi connectivity index (χ0v) is 13.4. The fourth-order valence-corrected chi connectivity index (χ4v) is 2.47. The minimum Gasteiger partial charge on any atom is -0.508 e. The number of nitrogens with two attached hydrogens (primary N) is 1. The number of benzene rings is 2. The average molecular weight is 374 g/mol. The first-order valence-corrected chi connectivity index (χ1v) is 7.43. The molecule has 4 N–H and O–H groups in total. The molecule has 1 aromatic heterocycles. The molecule has 6 nitrogen and oxygen atoms in total. The molecular formula is C16H12BrN3O3. The van der Waals surface area contributed by atoms with Crippen LogP contribution in [0.25, 0.3) is 16.9 Å². The van der Waals surface area contributed by atoms with Crippen molar-refractivity contribution in [1.29, 1.82) is 0 Å². The van der Waals surface area contributed by atoms with Crippen molar-refractivity contribution in [3.05, 3.63) is 58.7 Å². The molecule has 1 heterocycles. The number of phenols is 2. The molecule has 0 saturated carbocycles. The number of aromatic nitrogens is 2. The van der Waals surface area contributed by atoms with Gasteiger partial charge in [-0.3, -0.25) is 4.79 Å². The van der Waals surface area contributed by atoms with Crippen molar-refractivity contribution in [2.24, 2.45) is 5.73 Å². The van der Waals surface area contributed by atoms with Gasteiger partial charge in [0.25, 0.3) is 5.91 Å². The van der Waals surface area contributed by atoms with Crippen molar-refractivity contribution < 1.29 is 15.0 Å². The summed E-state index contributed by atoms with van der Waals surface area (Å²) in [7, 11) is 0. The molecule has 1 amide bonds. The Hall–Kier alpha value is -2.80. The molecule has 0 spiro atoms.